The van der Waals surface area contributed by atoms with E-state index < -0.39 is 0 Å². The lowest BCUT2D eigenvalue weighted by atomic mass is 10.1. The van der Waals surface area contributed by atoms with E-state index in [9.17, 15) is 5.26 Å². The summed E-state index contributed by atoms with van der Waals surface area (Å²) in [5.74, 6) is 2.22. The van der Waals surface area contributed by atoms with Crippen LogP contribution in [0.2, 0.25) is 0 Å². The van der Waals surface area contributed by atoms with Crippen molar-refractivity contribution in [2.24, 2.45) is 0 Å². The number of benzene rings is 3. The maximum Gasteiger partial charge on any atom is 0.186 e. The number of ether oxygens (including phenoxy) is 4. The van der Waals surface area contributed by atoms with Crippen molar-refractivity contribution < 1.29 is 18.9 Å². The molecule has 0 saturated heterocycles. The first-order valence-electron chi connectivity index (χ1n) is 11.8. The van der Waals surface area contributed by atoms with Gasteiger partial charge in [-0.3, -0.25) is 0 Å². The minimum atomic E-state index is 0.355. The van der Waals surface area contributed by atoms with E-state index in [0.717, 1.165) is 33.5 Å². The van der Waals surface area contributed by atoms with E-state index in [1.165, 1.54) is 0 Å². The van der Waals surface area contributed by atoms with Crippen LogP contribution in [-0.2, 0) is 24.4 Å². The Balaban J connectivity index is 1.39. The topological polar surface area (TPSA) is 76.8 Å². The fourth-order valence-corrected chi connectivity index (χ4v) is 4.56. The van der Waals surface area contributed by atoms with E-state index in [1.54, 1.807) is 37.7 Å². The molecule has 3 aromatic carbocycles. The van der Waals surface area contributed by atoms with Gasteiger partial charge in [0.25, 0.3) is 0 Å². The number of nitriles is 1. The monoisotopic (exact) mass is 515 g/mol. The van der Waals surface area contributed by atoms with Crippen LogP contribution in [0.25, 0.3) is 0 Å². The van der Waals surface area contributed by atoms with Gasteiger partial charge in [0.05, 0.1) is 38.7 Å². The van der Waals surface area contributed by atoms with Gasteiger partial charge in [0.15, 0.2) is 5.13 Å². The predicted octanol–water partition coefficient (Wildman–Crippen LogP) is 5.83. The second-order valence-corrected chi connectivity index (χ2v) is 9.03. The van der Waals surface area contributed by atoms with Crippen LogP contribution in [0.1, 0.15) is 22.4 Å². The number of para-hydroxylation sites is 1. The van der Waals surface area contributed by atoms with Crippen LogP contribution >= 0.6 is 11.3 Å². The highest BCUT2D eigenvalue weighted by Gasteiger charge is 2.14. The lowest BCUT2D eigenvalue weighted by molar-refractivity contribution is 0.0872. The zero-order valence-electron chi connectivity index (χ0n) is 20.9. The van der Waals surface area contributed by atoms with Crippen LogP contribution in [0.4, 0.5) is 5.13 Å². The molecule has 0 fully saturated rings. The summed E-state index contributed by atoms with van der Waals surface area (Å²) in [4.78, 5) is 7.08. The van der Waals surface area contributed by atoms with Crippen molar-refractivity contribution in [3.63, 3.8) is 0 Å². The number of hydrogen-bond acceptors (Lipinski definition) is 8. The molecule has 1 heterocycles. The third-order valence-electron chi connectivity index (χ3n) is 5.57. The third kappa shape index (κ3) is 7.46. The number of aromatic nitrogens is 1. The molecule has 0 aliphatic heterocycles. The van der Waals surface area contributed by atoms with Crippen LogP contribution in [0.15, 0.2) is 78.2 Å². The largest absolute Gasteiger partial charge is 0.497 e. The summed E-state index contributed by atoms with van der Waals surface area (Å²) < 4.78 is 22.3. The molecule has 37 heavy (non-hydrogen) atoms. The molecule has 0 radical (unpaired) electrons. The summed E-state index contributed by atoms with van der Waals surface area (Å²) in [5.41, 5.74) is 3.63. The van der Waals surface area contributed by atoms with Gasteiger partial charge in [-0.1, -0.05) is 36.4 Å². The van der Waals surface area contributed by atoms with Gasteiger partial charge in [-0.25, -0.2) is 4.98 Å². The molecule has 0 aliphatic rings. The average Bonchev–Trinajstić information content (AvgIpc) is 3.42. The fourth-order valence-electron chi connectivity index (χ4n) is 3.75. The Morgan fingerprint density at radius 2 is 1.54 bits per heavy atom. The van der Waals surface area contributed by atoms with Gasteiger partial charge >= 0.3 is 0 Å². The molecular formula is C29H29N3O4S. The van der Waals surface area contributed by atoms with Gasteiger partial charge in [-0.2, -0.15) is 5.26 Å². The molecule has 0 bridgehead atoms. The zero-order chi connectivity index (χ0) is 25.9. The highest BCUT2D eigenvalue weighted by Crippen LogP contribution is 2.27. The summed E-state index contributed by atoms with van der Waals surface area (Å²) in [6.07, 6.45) is 0. The maximum absolute atomic E-state index is 9.17. The Kier molecular flexibility index (Phi) is 9.35. The quantitative estimate of drug-likeness (QED) is 0.207. The van der Waals surface area contributed by atoms with Crippen molar-refractivity contribution in [1.82, 2.24) is 4.98 Å². The van der Waals surface area contributed by atoms with E-state index in [2.05, 4.69) is 23.1 Å². The van der Waals surface area contributed by atoms with Gasteiger partial charge in [-0.15, -0.1) is 11.3 Å². The first-order chi connectivity index (χ1) is 18.2. The van der Waals surface area contributed by atoms with Gasteiger partial charge in [0.1, 0.15) is 29.9 Å². The van der Waals surface area contributed by atoms with Crippen LogP contribution in [0, 0.1) is 11.3 Å². The van der Waals surface area contributed by atoms with E-state index in [-0.39, 0.29) is 0 Å². The maximum atomic E-state index is 9.17. The van der Waals surface area contributed by atoms with Crippen molar-refractivity contribution in [1.29, 1.82) is 5.26 Å². The van der Waals surface area contributed by atoms with Crippen molar-refractivity contribution >= 4 is 16.5 Å². The van der Waals surface area contributed by atoms with E-state index in [1.807, 2.05) is 53.9 Å². The second-order valence-electron chi connectivity index (χ2n) is 8.19. The van der Waals surface area contributed by atoms with Crippen LogP contribution in [0.5, 0.6) is 17.2 Å². The third-order valence-corrected chi connectivity index (χ3v) is 6.52. The summed E-state index contributed by atoms with van der Waals surface area (Å²) in [6, 6.07) is 25.4. The SMILES string of the molecule is COc1cccc(CN(Cc2cccc(OC)c2)c2nc(COCCOc3ccccc3C#N)cs2)c1. The minimum absolute atomic E-state index is 0.355. The number of methoxy groups -OCH3 is 2. The summed E-state index contributed by atoms with van der Waals surface area (Å²) >= 11 is 1.59. The lowest BCUT2D eigenvalue weighted by Gasteiger charge is -2.22. The normalized spacial score (nSPS) is 10.5. The highest BCUT2D eigenvalue weighted by atomic mass is 32.1. The predicted molar refractivity (Wildman–Crippen MR) is 144 cm³/mol. The van der Waals surface area contributed by atoms with Crippen molar-refractivity contribution in [2.45, 2.75) is 19.7 Å². The van der Waals surface area contributed by atoms with Crippen molar-refractivity contribution in [3.8, 4) is 23.3 Å². The first-order valence-corrected chi connectivity index (χ1v) is 12.7. The number of anilines is 1. The molecule has 0 saturated carbocycles. The molecule has 8 heteroatoms. The van der Waals surface area contributed by atoms with Crippen LogP contribution in [-0.4, -0.2) is 32.4 Å². The first kappa shape index (κ1) is 26.0. The van der Waals surface area contributed by atoms with E-state index >= 15 is 0 Å². The molecular weight excluding hydrogens is 486 g/mol. The highest BCUT2D eigenvalue weighted by molar-refractivity contribution is 7.13. The standard InChI is InChI=1S/C29H29N3O4S/c1-33-26-10-5-7-22(15-26)18-32(19-23-8-6-11-27(16-23)34-2)29-31-25(21-37-29)20-35-13-14-36-28-12-4-3-9-24(28)17-30/h3-12,15-16,21H,13-14,18-20H2,1-2H3. The summed E-state index contributed by atoms with van der Waals surface area (Å²) in [7, 11) is 3.35. The molecule has 0 aliphatic carbocycles. The Morgan fingerprint density at radius 1 is 0.865 bits per heavy atom. The van der Waals surface area contributed by atoms with E-state index in [0.29, 0.717) is 44.2 Å². The van der Waals surface area contributed by atoms with Gasteiger partial charge < -0.3 is 23.8 Å². The van der Waals surface area contributed by atoms with E-state index in [4.69, 9.17) is 23.9 Å². The summed E-state index contributed by atoms with van der Waals surface area (Å²) in [6.45, 7) is 2.48. The number of rotatable bonds is 13. The smallest absolute Gasteiger partial charge is 0.186 e. The molecule has 0 unspecified atom stereocenters. The molecule has 1 aromatic heterocycles. The Hall–Kier alpha value is -4.06. The van der Waals surface area contributed by atoms with Gasteiger partial charge in [0, 0.05) is 18.5 Å². The molecule has 4 aromatic rings. The molecule has 0 atom stereocenters. The Morgan fingerprint density at radius 3 is 2.19 bits per heavy atom. The second kappa shape index (κ2) is 13.3. The molecule has 0 N–H and O–H groups in total. The Labute approximate surface area is 221 Å². The molecule has 7 nitrogen and oxygen atoms in total. The molecule has 4 rings (SSSR count). The number of nitrogens with zero attached hydrogens (tertiary/aromatic N) is 3. The van der Waals surface area contributed by atoms with Gasteiger partial charge in [-0.05, 0) is 47.5 Å². The molecule has 190 valence electrons. The van der Waals surface area contributed by atoms with Crippen molar-refractivity contribution in [3.05, 3.63) is 101 Å². The molecule has 0 amide bonds. The number of thiazole rings is 1. The van der Waals surface area contributed by atoms with Crippen LogP contribution < -0.4 is 19.1 Å². The zero-order valence-corrected chi connectivity index (χ0v) is 21.7. The fraction of sp³-hybridized carbons (Fsp3) is 0.241. The molecule has 0 spiro atoms. The van der Waals surface area contributed by atoms with Crippen LogP contribution in [0.3, 0.4) is 0 Å². The number of hydrogen-bond donors (Lipinski definition) is 0. The lowest BCUT2D eigenvalue weighted by Crippen LogP contribution is -2.22. The average molecular weight is 516 g/mol. The van der Waals surface area contributed by atoms with Crippen molar-refractivity contribution in [2.75, 3.05) is 32.3 Å². The minimum Gasteiger partial charge on any atom is -0.497 e. The van der Waals surface area contributed by atoms with Gasteiger partial charge in [0.2, 0.25) is 0 Å². The Bertz CT molecular complexity index is 1280. The summed E-state index contributed by atoms with van der Waals surface area (Å²) in [5, 5.41) is 12.1.